The highest BCUT2D eigenvalue weighted by atomic mass is 16.7. The van der Waals surface area contributed by atoms with E-state index < -0.39 is 0 Å². The second kappa shape index (κ2) is 6.22. The van der Waals surface area contributed by atoms with Gasteiger partial charge in [0.1, 0.15) is 0 Å². The van der Waals surface area contributed by atoms with Gasteiger partial charge in [-0.3, -0.25) is 4.90 Å². The molecule has 116 valence electrons. The van der Waals surface area contributed by atoms with Crippen molar-refractivity contribution in [2.45, 2.75) is 13.3 Å². The molecule has 3 rings (SSSR count). The first kappa shape index (κ1) is 14.6. The van der Waals surface area contributed by atoms with E-state index in [1.807, 2.05) is 6.07 Å². The SMILES string of the molecule is CC(CN)(Cc1ccc2c(c1)OCO2)CN1CCOCC1. The molecule has 1 aromatic rings. The summed E-state index contributed by atoms with van der Waals surface area (Å²) >= 11 is 0. The first-order valence-electron chi connectivity index (χ1n) is 7.57. The highest BCUT2D eigenvalue weighted by Gasteiger charge is 2.28. The number of ether oxygens (including phenoxy) is 3. The molecule has 1 saturated heterocycles. The van der Waals surface area contributed by atoms with Crippen molar-refractivity contribution in [2.75, 3.05) is 46.2 Å². The second-order valence-electron chi connectivity index (χ2n) is 6.27. The maximum Gasteiger partial charge on any atom is 0.231 e. The Labute approximate surface area is 126 Å². The van der Waals surface area contributed by atoms with Crippen LogP contribution >= 0.6 is 0 Å². The molecule has 2 N–H and O–H groups in total. The summed E-state index contributed by atoms with van der Waals surface area (Å²) in [6, 6.07) is 6.18. The quantitative estimate of drug-likeness (QED) is 0.885. The van der Waals surface area contributed by atoms with Crippen molar-refractivity contribution in [3.8, 4) is 11.5 Å². The third-order valence-electron chi connectivity index (χ3n) is 4.27. The highest BCUT2D eigenvalue weighted by molar-refractivity contribution is 5.44. The molecule has 2 aliphatic heterocycles. The number of nitrogens with zero attached hydrogens (tertiary/aromatic N) is 1. The molecule has 0 radical (unpaired) electrons. The van der Waals surface area contributed by atoms with Gasteiger partial charge in [-0.15, -0.1) is 0 Å². The number of hydrogen-bond acceptors (Lipinski definition) is 5. The first-order valence-corrected chi connectivity index (χ1v) is 7.57. The van der Waals surface area contributed by atoms with Crippen LogP contribution in [-0.2, 0) is 11.2 Å². The van der Waals surface area contributed by atoms with E-state index in [1.165, 1.54) is 5.56 Å². The van der Waals surface area contributed by atoms with Crippen LogP contribution in [0.1, 0.15) is 12.5 Å². The fraction of sp³-hybridized carbons (Fsp3) is 0.625. The summed E-state index contributed by atoms with van der Waals surface area (Å²) < 4.78 is 16.2. The molecule has 2 heterocycles. The summed E-state index contributed by atoms with van der Waals surface area (Å²) in [5.41, 5.74) is 7.38. The average Bonchev–Trinajstić information content (AvgIpc) is 2.96. The molecule has 1 unspecified atom stereocenters. The van der Waals surface area contributed by atoms with Crippen molar-refractivity contribution in [3.05, 3.63) is 23.8 Å². The first-order chi connectivity index (χ1) is 10.2. The van der Waals surface area contributed by atoms with Gasteiger partial charge in [-0.05, 0) is 36.1 Å². The van der Waals surface area contributed by atoms with E-state index >= 15 is 0 Å². The van der Waals surface area contributed by atoms with Crippen molar-refractivity contribution in [3.63, 3.8) is 0 Å². The van der Waals surface area contributed by atoms with Crippen LogP contribution in [0.5, 0.6) is 11.5 Å². The Morgan fingerprint density at radius 2 is 1.95 bits per heavy atom. The van der Waals surface area contributed by atoms with Crippen molar-refractivity contribution in [1.82, 2.24) is 4.90 Å². The number of rotatable bonds is 5. The van der Waals surface area contributed by atoms with Gasteiger partial charge >= 0.3 is 0 Å². The Morgan fingerprint density at radius 3 is 2.71 bits per heavy atom. The molecule has 21 heavy (non-hydrogen) atoms. The summed E-state index contributed by atoms with van der Waals surface area (Å²) in [4.78, 5) is 2.45. The fourth-order valence-corrected chi connectivity index (χ4v) is 3.04. The standard InChI is InChI=1S/C16H24N2O3/c1-16(10-17,11-18-4-6-19-7-5-18)9-13-2-3-14-15(8-13)21-12-20-14/h2-3,8H,4-7,9-12,17H2,1H3. The lowest BCUT2D eigenvalue weighted by Crippen LogP contribution is -2.46. The number of morpholine rings is 1. The fourth-order valence-electron chi connectivity index (χ4n) is 3.04. The Balaban J connectivity index is 1.67. The van der Waals surface area contributed by atoms with E-state index in [-0.39, 0.29) is 5.41 Å². The Hall–Kier alpha value is -1.30. The van der Waals surface area contributed by atoms with Gasteiger partial charge in [-0.1, -0.05) is 13.0 Å². The van der Waals surface area contributed by atoms with E-state index in [9.17, 15) is 0 Å². The van der Waals surface area contributed by atoms with Crippen LogP contribution in [0.25, 0.3) is 0 Å². The van der Waals surface area contributed by atoms with Gasteiger partial charge in [0.25, 0.3) is 0 Å². The van der Waals surface area contributed by atoms with Gasteiger partial charge in [0.05, 0.1) is 13.2 Å². The third kappa shape index (κ3) is 3.48. The summed E-state index contributed by atoms with van der Waals surface area (Å²) in [7, 11) is 0. The largest absolute Gasteiger partial charge is 0.454 e. The summed E-state index contributed by atoms with van der Waals surface area (Å²) in [6.07, 6.45) is 0.942. The van der Waals surface area contributed by atoms with Crippen LogP contribution in [0.15, 0.2) is 18.2 Å². The topological polar surface area (TPSA) is 57.0 Å². The van der Waals surface area contributed by atoms with Gasteiger partial charge in [-0.2, -0.15) is 0 Å². The Bertz CT molecular complexity index is 488. The molecule has 5 heteroatoms. The minimum atomic E-state index is 0.0606. The van der Waals surface area contributed by atoms with Crippen LogP contribution in [-0.4, -0.2) is 51.1 Å². The summed E-state index contributed by atoms with van der Waals surface area (Å²) in [6.45, 7) is 7.89. The lowest BCUT2D eigenvalue weighted by atomic mass is 9.83. The molecule has 1 aromatic carbocycles. The number of benzene rings is 1. The predicted octanol–water partition coefficient (Wildman–Crippen LogP) is 1.25. The van der Waals surface area contributed by atoms with E-state index in [4.69, 9.17) is 19.9 Å². The predicted molar refractivity (Wildman–Crippen MR) is 80.7 cm³/mol. The minimum Gasteiger partial charge on any atom is -0.454 e. The number of nitrogens with two attached hydrogens (primary N) is 1. The summed E-state index contributed by atoms with van der Waals surface area (Å²) in [5.74, 6) is 1.68. The van der Waals surface area contributed by atoms with Gasteiger partial charge in [0.15, 0.2) is 11.5 Å². The molecule has 0 aromatic heterocycles. The summed E-state index contributed by atoms with van der Waals surface area (Å²) in [5, 5.41) is 0. The van der Waals surface area contributed by atoms with E-state index in [0.717, 1.165) is 50.8 Å². The van der Waals surface area contributed by atoms with Gasteiger partial charge in [-0.25, -0.2) is 0 Å². The molecule has 0 spiro atoms. The van der Waals surface area contributed by atoms with Crippen LogP contribution < -0.4 is 15.2 Å². The van der Waals surface area contributed by atoms with Crippen molar-refractivity contribution in [1.29, 1.82) is 0 Å². The van der Waals surface area contributed by atoms with Gasteiger partial charge in [0, 0.05) is 19.6 Å². The smallest absolute Gasteiger partial charge is 0.231 e. The third-order valence-corrected chi connectivity index (χ3v) is 4.27. The second-order valence-corrected chi connectivity index (χ2v) is 6.27. The normalized spacial score (nSPS) is 21.2. The Morgan fingerprint density at radius 1 is 1.19 bits per heavy atom. The molecule has 1 fully saturated rings. The Kier molecular flexibility index (Phi) is 4.33. The zero-order valence-corrected chi connectivity index (χ0v) is 12.6. The molecule has 0 bridgehead atoms. The molecule has 5 nitrogen and oxygen atoms in total. The molecular weight excluding hydrogens is 268 g/mol. The lowest BCUT2D eigenvalue weighted by molar-refractivity contribution is 0.0198. The molecule has 0 saturated carbocycles. The highest BCUT2D eigenvalue weighted by Crippen LogP contribution is 2.34. The zero-order chi connectivity index (χ0) is 14.7. The van der Waals surface area contributed by atoms with Crippen LogP contribution in [0.2, 0.25) is 0 Å². The monoisotopic (exact) mass is 292 g/mol. The molecule has 0 aliphatic carbocycles. The van der Waals surface area contributed by atoms with Crippen LogP contribution in [0.4, 0.5) is 0 Å². The lowest BCUT2D eigenvalue weighted by Gasteiger charge is -2.36. The van der Waals surface area contributed by atoms with E-state index in [1.54, 1.807) is 0 Å². The number of fused-ring (bicyclic) bond motifs is 1. The van der Waals surface area contributed by atoms with Crippen LogP contribution in [0, 0.1) is 5.41 Å². The average molecular weight is 292 g/mol. The van der Waals surface area contributed by atoms with Gasteiger partial charge < -0.3 is 19.9 Å². The zero-order valence-electron chi connectivity index (χ0n) is 12.6. The minimum absolute atomic E-state index is 0.0606. The molecule has 2 aliphatic rings. The van der Waals surface area contributed by atoms with Gasteiger partial charge in [0.2, 0.25) is 6.79 Å². The maximum atomic E-state index is 6.07. The van der Waals surface area contributed by atoms with Crippen molar-refractivity contribution >= 4 is 0 Å². The van der Waals surface area contributed by atoms with Crippen molar-refractivity contribution < 1.29 is 14.2 Å². The maximum absolute atomic E-state index is 6.07. The van der Waals surface area contributed by atoms with E-state index in [0.29, 0.717) is 13.3 Å². The van der Waals surface area contributed by atoms with E-state index in [2.05, 4.69) is 24.0 Å². The molecule has 0 amide bonds. The molecular formula is C16H24N2O3. The number of hydrogen-bond donors (Lipinski definition) is 1. The van der Waals surface area contributed by atoms with Crippen molar-refractivity contribution in [2.24, 2.45) is 11.1 Å². The van der Waals surface area contributed by atoms with Crippen LogP contribution in [0.3, 0.4) is 0 Å². The molecule has 1 atom stereocenters.